The average molecular weight is 230 g/mol. The molecule has 0 aromatic heterocycles. The van der Waals surface area contributed by atoms with Gasteiger partial charge in [-0.05, 0) is 6.92 Å². The lowest BCUT2D eigenvalue weighted by atomic mass is 10.5. The van der Waals surface area contributed by atoms with Crippen molar-refractivity contribution in [2.24, 2.45) is 0 Å². The van der Waals surface area contributed by atoms with Gasteiger partial charge in [-0.25, -0.2) is 13.2 Å². The Morgan fingerprint density at radius 1 is 1.47 bits per heavy atom. The number of hydrogen-bond donors (Lipinski definition) is 0. The molecule has 0 amide bonds. The Morgan fingerprint density at radius 3 is 2.53 bits per heavy atom. The zero-order chi connectivity index (χ0) is 11.9. The van der Waals surface area contributed by atoms with Gasteiger partial charge >= 0.3 is 5.97 Å². The molecule has 0 aliphatic heterocycles. The standard InChI is InChI=1S/C10H14O4S/c1-4-6-7-15(12,13)8-9(3)14-10(11)5-2/h4-7,9H,1-2,8H2,3H3/b7-6+. The minimum atomic E-state index is -3.36. The first-order valence-electron chi connectivity index (χ1n) is 4.26. The molecule has 0 saturated heterocycles. The molecule has 1 unspecified atom stereocenters. The van der Waals surface area contributed by atoms with Crippen LogP contribution in [0.4, 0.5) is 0 Å². The summed E-state index contributed by atoms with van der Waals surface area (Å²) >= 11 is 0. The summed E-state index contributed by atoms with van der Waals surface area (Å²) in [6.07, 6.45) is 2.97. The van der Waals surface area contributed by atoms with Crippen LogP contribution in [0.1, 0.15) is 6.92 Å². The minimum Gasteiger partial charge on any atom is -0.458 e. The third-order valence-corrected chi connectivity index (χ3v) is 2.88. The lowest BCUT2D eigenvalue weighted by Crippen LogP contribution is -2.22. The Hall–Kier alpha value is -1.36. The summed E-state index contributed by atoms with van der Waals surface area (Å²) in [4.78, 5) is 10.8. The van der Waals surface area contributed by atoms with Crippen molar-refractivity contribution in [3.05, 3.63) is 36.8 Å². The van der Waals surface area contributed by atoms with Gasteiger partial charge in [-0.3, -0.25) is 0 Å². The molecule has 0 bridgehead atoms. The van der Waals surface area contributed by atoms with E-state index in [0.717, 1.165) is 11.5 Å². The number of esters is 1. The summed E-state index contributed by atoms with van der Waals surface area (Å²) in [5.74, 6) is -0.887. The molecule has 0 radical (unpaired) electrons. The zero-order valence-corrected chi connectivity index (χ0v) is 9.37. The fourth-order valence-electron chi connectivity index (χ4n) is 0.838. The molecule has 0 aliphatic rings. The Kier molecular flexibility index (Phi) is 5.62. The van der Waals surface area contributed by atoms with Crippen LogP contribution >= 0.6 is 0 Å². The number of sulfone groups is 1. The van der Waals surface area contributed by atoms with Gasteiger partial charge in [0.2, 0.25) is 0 Å². The van der Waals surface area contributed by atoms with Crippen molar-refractivity contribution in [1.82, 2.24) is 0 Å². The number of allylic oxidation sites excluding steroid dienone is 2. The van der Waals surface area contributed by atoms with Crippen molar-refractivity contribution in [2.75, 3.05) is 5.75 Å². The Bertz CT molecular complexity index is 365. The number of hydrogen-bond acceptors (Lipinski definition) is 4. The maximum absolute atomic E-state index is 11.3. The Balaban J connectivity index is 4.34. The van der Waals surface area contributed by atoms with Gasteiger partial charge in [-0.15, -0.1) is 0 Å². The van der Waals surface area contributed by atoms with Gasteiger partial charge in [0.1, 0.15) is 6.10 Å². The van der Waals surface area contributed by atoms with Crippen LogP contribution in [-0.4, -0.2) is 26.2 Å². The second-order valence-corrected chi connectivity index (χ2v) is 4.78. The van der Waals surface area contributed by atoms with Crippen LogP contribution in [0.15, 0.2) is 36.8 Å². The molecular weight excluding hydrogens is 216 g/mol. The molecule has 5 heteroatoms. The first kappa shape index (κ1) is 13.6. The summed E-state index contributed by atoms with van der Waals surface area (Å²) in [5.41, 5.74) is 0. The minimum absolute atomic E-state index is 0.253. The molecule has 1 atom stereocenters. The summed E-state index contributed by atoms with van der Waals surface area (Å²) in [5, 5.41) is 1.03. The predicted molar refractivity (Wildman–Crippen MR) is 58.9 cm³/mol. The van der Waals surface area contributed by atoms with Gasteiger partial charge in [0.25, 0.3) is 0 Å². The molecule has 84 valence electrons. The Labute approximate surface area is 89.9 Å². The molecule has 0 saturated carbocycles. The van der Waals surface area contributed by atoms with Crippen molar-refractivity contribution in [1.29, 1.82) is 0 Å². The van der Waals surface area contributed by atoms with Gasteiger partial charge in [0.05, 0.1) is 5.75 Å². The number of carbonyl (C=O) groups excluding carboxylic acids is 1. The van der Waals surface area contributed by atoms with Crippen LogP contribution in [0.5, 0.6) is 0 Å². The second kappa shape index (κ2) is 6.19. The molecule has 0 heterocycles. The van der Waals surface area contributed by atoms with Crippen LogP contribution in [0.2, 0.25) is 0 Å². The van der Waals surface area contributed by atoms with Crippen LogP contribution in [0.25, 0.3) is 0 Å². The summed E-state index contributed by atoms with van der Waals surface area (Å²) in [6, 6.07) is 0. The third kappa shape index (κ3) is 6.68. The molecule has 0 spiro atoms. The van der Waals surface area contributed by atoms with Crippen LogP contribution < -0.4 is 0 Å². The molecule has 0 rings (SSSR count). The van der Waals surface area contributed by atoms with Crippen molar-refractivity contribution in [3.8, 4) is 0 Å². The van der Waals surface area contributed by atoms with E-state index >= 15 is 0 Å². The van der Waals surface area contributed by atoms with E-state index in [-0.39, 0.29) is 5.75 Å². The highest BCUT2D eigenvalue weighted by molar-refractivity contribution is 7.94. The van der Waals surface area contributed by atoms with E-state index in [2.05, 4.69) is 13.2 Å². The molecule has 0 fully saturated rings. The summed E-state index contributed by atoms with van der Waals surface area (Å²) in [7, 11) is -3.36. The Morgan fingerprint density at radius 2 is 2.07 bits per heavy atom. The topological polar surface area (TPSA) is 60.4 Å². The van der Waals surface area contributed by atoms with Gasteiger partial charge in [0.15, 0.2) is 9.84 Å². The van der Waals surface area contributed by atoms with Gasteiger partial charge in [-0.2, -0.15) is 0 Å². The monoisotopic (exact) mass is 230 g/mol. The molecule has 15 heavy (non-hydrogen) atoms. The fraction of sp³-hybridized carbons (Fsp3) is 0.300. The molecule has 0 aromatic rings. The van der Waals surface area contributed by atoms with Crippen molar-refractivity contribution >= 4 is 15.8 Å². The van der Waals surface area contributed by atoms with E-state index in [1.165, 1.54) is 19.1 Å². The normalized spacial score (nSPS) is 13.4. The highest BCUT2D eigenvalue weighted by atomic mass is 32.2. The van der Waals surface area contributed by atoms with Crippen molar-refractivity contribution in [3.63, 3.8) is 0 Å². The first-order chi connectivity index (χ1) is 6.91. The van der Waals surface area contributed by atoms with Gasteiger partial charge in [0, 0.05) is 11.5 Å². The summed E-state index contributed by atoms with van der Waals surface area (Å²) in [6.45, 7) is 8.06. The highest BCUT2D eigenvalue weighted by Crippen LogP contribution is 2.01. The van der Waals surface area contributed by atoms with Crippen LogP contribution in [0.3, 0.4) is 0 Å². The van der Waals surface area contributed by atoms with Crippen LogP contribution in [0, 0.1) is 0 Å². The summed E-state index contributed by atoms with van der Waals surface area (Å²) < 4.78 is 27.4. The lowest BCUT2D eigenvalue weighted by molar-refractivity contribution is -0.141. The number of carbonyl (C=O) groups is 1. The smallest absolute Gasteiger partial charge is 0.330 e. The van der Waals surface area contributed by atoms with Crippen molar-refractivity contribution < 1.29 is 17.9 Å². The second-order valence-electron chi connectivity index (χ2n) is 2.85. The fourth-order valence-corrected chi connectivity index (χ4v) is 2.02. The molecule has 4 nitrogen and oxygen atoms in total. The van der Waals surface area contributed by atoms with E-state index in [1.54, 1.807) is 0 Å². The van der Waals surface area contributed by atoms with E-state index in [1.807, 2.05) is 0 Å². The maximum Gasteiger partial charge on any atom is 0.330 e. The SMILES string of the molecule is C=C/C=C/S(=O)(=O)CC(C)OC(=O)C=C. The molecule has 0 aliphatic carbocycles. The maximum atomic E-state index is 11.3. The molecule has 0 aromatic carbocycles. The molecule has 0 N–H and O–H groups in total. The highest BCUT2D eigenvalue weighted by Gasteiger charge is 2.15. The zero-order valence-electron chi connectivity index (χ0n) is 8.55. The van der Waals surface area contributed by atoms with Crippen LogP contribution in [-0.2, 0) is 19.4 Å². The van der Waals surface area contributed by atoms with E-state index in [9.17, 15) is 13.2 Å². The first-order valence-corrected chi connectivity index (χ1v) is 5.97. The lowest BCUT2D eigenvalue weighted by Gasteiger charge is -2.09. The van der Waals surface area contributed by atoms with Gasteiger partial charge in [-0.1, -0.05) is 25.3 Å². The van der Waals surface area contributed by atoms with E-state index < -0.39 is 21.9 Å². The third-order valence-electron chi connectivity index (χ3n) is 1.37. The average Bonchev–Trinajstić information content (AvgIpc) is 2.13. The number of ether oxygens (including phenoxy) is 1. The quantitative estimate of drug-likeness (QED) is 0.391. The van der Waals surface area contributed by atoms with E-state index in [0.29, 0.717) is 0 Å². The largest absolute Gasteiger partial charge is 0.458 e. The number of rotatable bonds is 6. The predicted octanol–water partition coefficient (Wildman–Crippen LogP) is 1.22. The van der Waals surface area contributed by atoms with Gasteiger partial charge < -0.3 is 4.74 Å². The van der Waals surface area contributed by atoms with Crippen molar-refractivity contribution in [2.45, 2.75) is 13.0 Å². The molecular formula is C10H14O4S. The van der Waals surface area contributed by atoms with E-state index in [4.69, 9.17) is 4.74 Å².